The summed E-state index contributed by atoms with van der Waals surface area (Å²) in [7, 11) is 0. The number of amides is 3. The number of benzene rings is 1. The van der Waals surface area contributed by atoms with Crippen LogP contribution in [0.2, 0.25) is 0 Å². The third-order valence-corrected chi connectivity index (χ3v) is 6.16. The quantitative estimate of drug-likeness (QED) is 0.677. The molecule has 3 N–H and O–H groups in total. The Morgan fingerprint density at radius 2 is 2.03 bits per heavy atom. The highest BCUT2D eigenvalue weighted by Crippen LogP contribution is 2.38. The van der Waals surface area contributed by atoms with Crippen LogP contribution < -0.4 is 16.0 Å². The van der Waals surface area contributed by atoms with E-state index in [1.807, 2.05) is 23.1 Å². The highest BCUT2D eigenvalue weighted by atomic mass is 16.5. The van der Waals surface area contributed by atoms with E-state index in [1.54, 1.807) is 19.1 Å². The highest BCUT2D eigenvalue weighted by molar-refractivity contribution is 5.88. The van der Waals surface area contributed by atoms with Crippen molar-refractivity contribution in [1.82, 2.24) is 14.9 Å². The van der Waals surface area contributed by atoms with Gasteiger partial charge >= 0.3 is 6.03 Å². The molecule has 2 aromatic rings. The molecule has 0 radical (unpaired) electrons. The number of hydrogen-bond acceptors (Lipinski definition) is 6. The Balaban J connectivity index is 1.84. The number of nitrogens with one attached hydrogen (secondary N) is 1. The number of anilines is 2. The number of primary amides is 1. The smallest absolute Gasteiger partial charge is 0.316 e. The second kappa shape index (κ2) is 9.58. The fourth-order valence-electron chi connectivity index (χ4n) is 4.57. The zero-order chi connectivity index (χ0) is 23.5. The van der Waals surface area contributed by atoms with Crippen molar-refractivity contribution in [2.24, 2.45) is 5.73 Å². The molecule has 9 nitrogen and oxygen atoms in total. The summed E-state index contributed by atoms with van der Waals surface area (Å²) in [4.78, 5) is 37.7. The van der Waals surface area contributed by atoms with E-state index in [9.17, 15) is 9.59 Å². The van der Waals surface area contributed by atoms with Gasteiger partial charge in [0, 0.05) is 36.8 Å². The zero-order valence-corrected chi connectivity index (χ0v) is 19.1. The van der Waals surface area contributed by atoms with Gasteiger partial charge in [0.05, 0.1) is 31.0 Å². The Hall–Kier alpha value is -3.46. The second-order valence-corrected chi connectivity index (χ2v) is 8.42. The van der Waals surface area contributed by atoms with Gasteiger partial charge in [0.1, 0.15) is 5.82 Å². The first-order chi connectivity index (χ1) is 15.9. The monoisotopic (exact) mass is 450 g/mol. The molecular weight excluding hydrogens is 420 g/mol. The molecule has 1 saturated heterocycles. The van der Waals surface area contributed by atoms with Crippen molar-refractivity contribution in [3.63, 3.8) is 0 Å². The minimum Gasteiger partial charge on any atom is -0.377 e. The molecule has 174 valence electrons. The molecule has 0 saturated carbocycles. The summed E-state index contributed by atoms with van der Waals surface area (Å²) >= 11 is 0. The maximum Gasteiger partial charge on any atom is 0.316 e. The normalized spacial score (nSPS) is 20.2. The molecule has 2 atom stereocenters. The fraction of sp³-hybridized carbons (Fsp3) is 0.417. The van der Waals surface area contributed by atoms with Gasteiger partial charge in [-0.25, -0.2) is 14.8 Å². The van der Waals surface area contributed by atoms with Crippen LogP contribution in [0.4, 0.5) is 16.3 Å². The van der Waals surface area contributed by atoms with Crippen molar-refractivity contribution in [3.8, 4) is 11.4 Å². The van der Waals surface area contributed by atoms with Gasteiger partial charge in [-0.1, -0.05) is 6.08 Å². The van der Waals surface area contributed by atoms with Crippen LogP contribution in [0, 0.1) is 0 Å². The van der Waals surface area contributed by atoms with E-state index >= 15 is 0 Å². The van der Waals surface area contributed by atoms with Crippen molar-refractivity contribution in [2.45, 2.75) is 38.8 Å². The standard InChI is InChI=1S/C24H30N6O3/c1-4-5-20-21-19(10-11-30(20)16(3)31)23(29-12-13-33-14-15(29)2)28-22(27-21)17-6-8-18(9-7-17)26-24(25)32/h4,6-9,15,20H,1,5,10-14H2,2-3H3,(H3,25,26,32)/t15-,20?/m0/s1. The molecule has 0 spiro atoms. The number of fused-ring (bicyclic) bond motifs is 1. The Morgan fingerprint density at radius 1 is 1.27 bits per heavy atom. The molecular formula is C24H30N6O3. The van der Waals surface area contributed by atoms with Gasteiger partial charge in [0.15, 0.2) is 5.82 Å². The van der Waals surface area contributed by atoms with Gasteiger partial charge < -0.3 is 25.6 Å². The average molecular weight is 451 g/mol. The zero-order valence-electron chi connectivity index (χ0n) is 19.1. The van der Waals surface area contributed by atoms with Crippen LogP contribution in [-0.2, 0) is 16.0 Å². The molecule has 0 aliphatic carbocycles. The molecule has 9 heteroatoms. The summed E-state index contributed by atoms with van der Waals surface area (Å²) < 4.78 is 5.65. The maximum atomic E-state index is 12.4. The number of nitrogens with zero attached hydrogens (tertiary/aromatic N) is 4. The van der Waals surface area contributed by atoms with E-state index < -0.39 is 6.03 Å². The van der Waals surface area contributed by atoms with E-state index in [1.165, 1.54) is 0 Å². The van der Waals surface area contributed by atoms with Crippen LogP contribution >= 0.6 is 0 Å². The fourth-order valence-corrected chi connectivity index (χ4v) is 4.57. The number of carbonyl (C=O) groups is 2. The second-order valence-electron chi connectivity index (χ2n) is 8.42. The van der Waals surface area contributed by atoms with Gasteiger partial charge in [-0.2, -0.15) is 0 Å². The third-order valence-electron chi connectivity index (χ3n) is 6.16. The van der Waals surface area contributed by atoms with Crippen LogP contribution in [0.5, 0.6) is 0 Å². The predicted molar refractivity (Wildman–Crippen MR) is 127 cm³/mol. The van der Waals surface area contributed by atoms with E-state index in [-0.39, 0.29) is 18.0 Å². The maximum absolute atomic E-state index is 12.4. The lowest BCUT2D eigenvalue weighted by Crippen LogP contribution is -2.46. The molecule has 1 aromatic heterocycles. The van der Waals surface area contributed by atoms with Gasteiger partial charge in [0.2, 0.25) is 5.91 Å². The number of ether oxygens (including phenoxy) is 1. The SMILES string of the molecule is C=CCC1c2nc(-c3ccc(NC(N)=O)cc3)nc(N3CCOC[C@@H]3C)c2CCN1C(C)=O. The van der Waals surface area contributed by atoms with Gasteiger partial charge in [-0.15, -0.1) is 6.58 Å². The number of hydrogen-bond donors (Lipinski definition) is 2. The number of carbonyl (C=O) groups excluding carboxylic acids is 2. The molecule has 4 rings (SSSR count). The van der Waals surface area contributed by atoms with E-state index in [2.05, 4.69) is 23.7 Å². The van der Waals surface area contributed by atoms with Crippen LogP contribution in [0.15, 0.2) is 36.9 Å². The summed E-state index contributed by atoms with van der Waals surface area (Å²) in [6.45, 7) is 10.3. The van der Waals surface area contributed by atoms with Crippen molar-refractivity contribution in [1.29, 1.82) is 0 Å². The lowest BCUT2D eigenvalue weighted by molar-refractivity contribution is -0.131. The summed E-state index contributed by atoms with van der Waals surface area (Å²) in [5.41, 5.74) is 8.58. The number of aromatic nitrogens is 2. The Morgan fingerprint density at radius 3 is 2.67 bits per heavy atom. The number of morpholine rings is 1. The molecule has 1 fully saturated rings. The first-order valence-electron chi connectivity index (χ1n) is 11.2. The summed E-state index contributed by atoms with van der Waals surface area (Å²) in [6.07, 6.45) is 3.14. The van der Waals surface area contributed by atoms with Crippen molar-refractivity contribution in [3.05, 3.63) is 48.2 Å². The molecule has 3 heterocycles. The Bertz CT molecular complexity index is 1050. The number of urea groups is 1. The average Bonchev–Trinajstić information content (AvgIpc) is 2.79. The molecule has 1 aromatic carbocycles. The van der Waals surface area contributed by atoms with E-state index in [0.29, 0.717) is 44.1 Å². The van der Waals surface area contributed by atoms with Crippen LogP contribution in [0.1, 0.15) is 37.6 Å². The topological polar surface area (TPSA) is 114 Å². The molecule has 2 aliphatic rings. The minimum atomic E-state index is -0.618. The van der Waals surface area contributed by atoms with Crippen molar-refractivity contribution in [2.75, 3.05) is 36.5 Å². The van der Waals surface area contributed by atoms with Crippen molar-refractivity contribution < 1.29 is 14.3 Å². The molecule has 1 unspecified atom stereocenters. The van der Waals surface area contributed by atoms with Gasteiger partial charge in [-0.3, -0.25) is 4.79 Å². The minimum absolute atomic E-state index is 0.0239. The van der Waals surface area contributed by atoms with Crippen LogP contribution in [0.25, 0.3) is 11.4 Å². The molecule has 3 amide bonds. The third kappa shape index (κ3) is 4.68. The Kier molecular flexibility index (Phi) is 6.60. The lowest BCUT2D eigenvalue weighted by atomic mass is 9.94. The van der Waals surface area contributed by atoms with E-state index in [0.717, 1.165) is 29.2 Å². The highest BCUT2D eigenvalue weighted by Gasteiger charge is 2.35. The molecule has 0 bridgehead atoms. The number of nitrogens with two attached hydrogens (primary N) is 1. The largest absolute Gasteiger partial charge is 0.377 e. The van der Waals surface area contributed by atoms with Crippen LogP contribution in [0.3, 0.4) is 0 Å². The van der Waals surface area contributed by atoms with Gasteiger partial charge in [0.25, 0.3) is 0 Å². The summed E-state index contributed by atoms with van der Waals surface area (Å²) in [5, 5.41) is 2.57. The van der Waals surface area contributed by atoms with Crippen molar-refractivity contribution >= 4 is 23.4 Å². The molecule has 2 aliphatic heterocycles. The van der Waals surface area contributed by atoms with E-state index in [4.69, 9.17) is 20.4 Å². The first-order valence-corrected chi connectivity index (χ1v) is 11.2. The van der Waals surface area contributed by atoms with Crippen LogP contribution in [-0.4, -0.2) is 59.2 Å². The van der Waals surface area contributed by atoms with Gasteiger partial charge in [-0.05, 0) is 44.0 Å². The first kappa shape index (κ1) is 22.7. The Labute approximate surface area is 193 Å². The number of rotatable bonds is 5. The lowest BCUT2D eigenvalue weighted by Gasteiger charge is -2.40. The summed E-state index contributed by atoms with van der Waals surface area (Å²) in [6, 6.07) is 6.62. The molecule has 33 heavy (non-hydrogen) atoms. The summed E-state index contributed by atoms with van der Waals surface area (Å²) in [5.74, 6) is 1.51. The predicted octanol–water partition coefficient (Wildman–Crippen LogP) is 2.88.